The SMILES string of the molecule is C[C@H]1NCCn2c(-c3csc(-c4ccc(F)cc4)n3)nnc21.Cl. The molecule has 0 radical (unpaired) electrons. The molecule has 23 heavy (non-hydrogen) atoms. The Morgan fingerprint density at radius 1 is 1.26 bits per heavy atom. The van der Waals surface area contributed by atoms with E-state index < -0.39 is 0 Å². The molecule has 0 fully saturated rings. The minimum absolute atomic E-state index is 0. The van der Waals surface area contributed by atoms with E-state index in [2.05, 4.69) is 32.0 Å². The van der Waals surface area contributed by atoms with Gasteiger partial charge in [-0.3, -0.25) is 0 Å². The highest BCUT2D eigenvalue weighted by Crippen LogP contribution is 2.29. The Balaban J connectivity index is 0.00000156. The molecule has 1 atom stereocenters. The molecule has 1 aromatic carbocycles. The van der Waals surface area contributed by atoms with Gasteiger partial charge in [-0.15, -0.1) is 33.9 Å². The summed E-state index contributed by atoms with van der Waals surface area (Å²) in [6.07, 6.45) is 0. The predicted octanol–water partition coefficient (Wildman–Crippen LogP) is 3.29. The van der Waals surface area contributed by atoms with Crippen LogP contribution < -0.4 is 5.32 Å². The van der Waals surface area contributed by atoms with Crippen LogP contribution >= 0.6 is 23.7 Å². The van der Waals surface area contributed by atoms with Gasteiger partial charge in [0.1, 0.15) is 22.3 Å². The topological polar surface area (TPSA) is 55.6 Å². The van der Waals surface area contributed by atoms with E-state index in [0.29, 0.717) is 0 Å². The summed E-state index contributed by atoms with van der Waals surface area (Å²) < 4.78 is 15.1. The fourth-order valence-electron chi connectivity index (χ4n) is 2.63. The van der Waals surface area contributed by atoms with Gasteiger partial charge in [0.2, 0.25) is 0 Å². The standard InChI is InChI=1S/C15H14FN5S.ClH/c1-9-13-19-20-14(21(13)7-6-17-9)12-8-22-15(18-12)10-2-4-11(16)5-3-10;/h2-5,8-9,17H,6-7H2,1H3;1H/t9-;/m1./s1. The first-order valence-corrected chi connectivity index (χ1v) is 7.98. The van der Waals surface area contributed by atoms with Crippen LogP contribution in [0.4, 0.5) is 4.39 Å². The Morgan fingerprint density at radius 2 is 2.04 bits per heavy atom. The van der Waals surface area contributed by atoms with E-state index in [1.807, 2.05) is 5.38 Å². The van der Waals surface area contributed by atoms with Crippen LogP contribution in [0.25, 0.3) is 22.1 Å². The lowest BCUT2D eigenvalue weighted by Crippen LogP contribution is -2.32. The van der Waals surface area contributed by atoms with Crippen LogP contribution in [-0.4, -0.2) is 26.3 Å². The van der Waals surface area contributed by atoms with Crippen LogP contribution in [-0.2, 0) is 6.54 Å². The van der Waals surface area contributed by atoms with Gasteiger partial charge in [-0.1, -0.05) is 0 Å². The number of nitrogens with zero attached hydrogens (tertiary/aromatic N) is 4. The molecule has 1 N–H and O–H groups in total. The summed E-state index contributed by atoms with van der Waals surface area (Å²) in [6, 6.07) is 6.57. The molecule has 0 aliphatic carbocycles. The fourth-order valence-corrected chi connectivity index (χ4v) is 3.44. The van der Waals surface area contributed by atoms with Crippen LogP contribution in [0.2, 0.25) is 0 Å². The summed E-state index contributed by atoms with van der Waals surface area (Å²) in [5.41, 5.74) is 1.73. The Bertz CT molecular complexity index is 814. The molecule has 4 rings (SSSR count). The number of nitrogens with one attached hydrogen (secondary N) is 1. The number of fused-ring (bicyclic) bond motifs is 1. The van der Waals surface area contributed by atoms with Crippen molar-refractivity contribution < 1.29 is 4.39 Å². The summed E-state index contributed by atoms with van der Waals surface area (Å²) in [5, 5.41) is 14.8. The normalized spacial score (nSPS) is 16.7. The Labute approximate surface area is 143 Å². The second-order valence-corrected chi connectivity index (χ2v) is 6.11. The average molecular weight is 352 g/mol. The molecule has 8 heteroatoms. The summed E-state index contributed by atoms with van der Waals surface area (Å²) in [4.78, 5) is 4.64. The molecule has 0 saturated heterocycles. The lowest BCUT2D eigenvalue weighted by atomic mass is 10.2. The molecule has 120 valence electrons. The van der Waals surface area contributed by atoms with Gasteiger partial charge < -0.3 is 9.88 Å². The van der Waals surface area contributed by atoms with Gasteiger partial charge in [0.05, 0.1) is 6.04 Å². The van der Waals surface area contributed by atoms with Crippen molar-refractivity contribution in [3.8, 4) is 22.1 Å². The highest BCUT2D eigenvalue weighted by atomic mass is 35.5. The Morgan fingerprint density at radius 3 is 2.83 bits per heavy atom. The summed E-state index contributed by atoms with van der Waals surface area (Å²) in [7, 11) is 0. The molecule has 1 aliphatic rings. The molecule has 0 amide bonds. The molecule has 3 heterocycles. The van der Waals surface area contributed by atoms with E-state index in [4.69, 9.17) is 0 Å². The van der Waals surface area contributed by atoms with Gasteiger partial charge in [0, 0.05) is 24.0 Å². The Hall–Kier alpha value is -1.83. The Kier molecular flexibility index (Phi) is 4.43. The van der Waals surface area contributed by atoms with Crippen molar-refractivity contribution in [3.05, 3.63) is 41.3 Å². The monoisotopic (exact) mass is 351 g/mol. The van der Waals surface area contributed by atoms with E-state index in [9.17, 15) is 4.39 Å². The molecule has 5 nitrogen and oxygen atoms in total. The second kappa shape index (κ2) is 6.35. The van der Waals surface area contributed by atoms with Gasteiger partial charge in [-0.25, -0.2) is 9.37 Å². The van der Waals surface area contributed by atoms with Crippen LogP contribution in [0.3, 0.4) is 0 Å². The van der Waals surface area contributed by atoms with Crippen molar-refractivity contribution in [2.75, 3.05) is 6.54 Å². The lowest BCUT2D eigenvalue weighted by molar-refractivity contribution is 0.439. The maximum absolute atomic E-state index is 13.0. The lowest BCUT2D eigenvalue weighted by Gasteiger charge is -2.21. The number of hydrogen-bond acceptors (Lipinski definition) is 5. The van der Waals surface area contributed by atoms with Crippen LogP contribution in [0, 0.1) is 5.82 Å². The smallest absolute Gasteiger partial charge is 0.183 e. The maximum atomic E-state index is 13.0. The zero-order valence-corrected chi connectivity index (χ0v) is 14.0. The molecule has 0 spiro atoms. The number of benzene rings is 1. The van der Waals surface area contributed by atoms with Crippen LogP contribution in [0.1, 0.15) is 18.8 Å². The van der Waals surface area contributed by atoms with Crippen LogP contribution in [0.5, 0.6) is 0 Å². The molecule has 2 aromatic heterocycles. The van der Waals surface area contributed by atoms with E-state index >= 15 is 0 Å². The quantitative estimate of drug-likeness (QED) is 0.769. The first kappa shape index (κ1) is 16.0. The van der Waals surface area contributed by atoms with E-state index in [-0.39, 0.29) is 24.3 Å². The first-order chi connectivity index (χ1) is 10.7. The highest BCUT2D eigenvalue weighted by Gasteiger charge is 2.23. The zero-order valence-electron chi connectivity index (χ0n) is 12.4. The van der Waals surface area contributed by atoms with Crippen molar-refractivity contribution in [2.45, 2.75) is 19.5 Å². The first-order valence-electron chi connectivity index (χ1n) is 7.10. The van der Waals surface area contributed by atoms with Gasteiger partial charge >= 0.3 is 0 Å². The molecule has 1 aliphatic heterocycles. The number of hydrogen-bond donors (Lipinski definition) is 1. The second-order valence-electron chi connectivity index (χ2n) is 5.25. The maximum Gasteiger partial charge on any atom is 0.183 e. The third kappa shape index (κ3) is 2.87. The molecule has 3 aromatic rings. The molecular weight excluding hydrogens is 337 g/mol. The van der Waals surface area contributed by atoms with Gasteiger partial charge in [0.25, 0.3) is 0 Å². The fraction of sp³-hybridized carbons (Fsp3) is 0.267. The predicted molar refractivity (Wildman–Crippen MR) is 90.2 cm³/mol. The van der Waals surface area contributed by atoms with Gasteiger partial charge in [0.15, 0.2) is 5.82 Å². The van der Waals surface area contributed by atoms with Crippen molar-refractivity contribution in [1.29, 1.82) is 0 Å². The number of thiazole rings is 1. The minimum Gasteiger partial charge on any atom is -0.307 e. The highest BCUT2D eigenvalue weighted by molar-refractivity contribution is 7.13. The summed E-state index contributed by atoms with van der Waals surface area (Å²) in [6.45, 7) is 3.81. The summed E-state index contributed by atoms with van der Waals surface area (Å²) in [5.74, 6) is 1.50. The van der Waals surface area contributed by atoms with Gasteiger partial charge in [-0.05, 0) is 31.2 Å². The third-order valence-electron chi connectivity index (χ3n) is 3.78. The number of rotatable bonds is 2. The largest absolute Gasteiger partial charge is 0.307 e. The minimum atomic E-state index is -0.242. The summed E-state index contributed by atoms with van der Waals surface area (Å²) >= 11 is 1.53. The van der Waals surface area contributed by atoms with Gasteiger partial charge in [-0.2, -0.15) is 0 Å². The van der Waals surface area contributed by atoms with E-state index in [1.54, 1.807) is 12.1 Å². The number of halogens is 2. The molecule has 0 unspecified atom stereocenters. The average Bonchev–Trinajstić information content (AvgIpc) is 3.15. The van der Waals surface area contributed by atoms with Crippen molar-refractivity contribution in [1.82, 2.24) is 25.1 Å². The zero-order chi connectivity index (χ0) is 15.1. The van der Waals surface area contributed by atoms with E-state index in [1.165, 1.54) is 23.5 Å². The van der Waals surface area contributed by atoms with E-state index in [0.717, 1.165) is 41.0 Å². The van der Waals surface area contributed by atoms with Crippen molar-refractivity contribution >= 4 is 23.7 Å². The molecule has 0 bridgehead atoms. The third-order valence-corrected chi connectivity index (χ3v) is 4.67. The number of aromatic nitrogens is 4. The van der Waals surface area contributed by atoms with Crippen LogP contribution in [0.15, 0.2) is 29.6 Å². The molecule has 0 saturated carbocycles. The van der Waals surface area contributed by atoms with Crippen molar-refractivity contribution in [3.63, 3.8) is 0 Å². The van der Waals surface area contributed by atoms with Crippen molar-refractivity contribution in [2.24, 2.45) is 0 Å². The molecular formula is C15H15ClFN5S.